The Kier molecular flexibility index (Phi) is 5.40. The Morgan fingerprint density at radius 1 is 1.07 bits per heavy atom. The van der Waals surface area contributed by atoms with E-state index >= 15 is 0 Å². The number of carbonyl (C=O) groups excluding carboxylic acids is 1. The molecule has 0 saturated heterocycles. The number of fused-ring (bicyclic) bond motifs is 1. The number of rotatable bonds is 4. The molecule has 154 valence electrons. The van der Waals surface area contributed by atoms with Gasteiger partial charge in [0.25, 0.3) is 11.5 Å². The third kappa shape index (κ3) is 3.34. The Labute approximate surface area is 176 Å². The number of aromatic hydroxyl groups is 1. The maximum atomic E-state index is 13.3. The van der Waals surface area contributed by atoms with Gasteiger partial charge in [-0.1, -0.05) is 35.9 Å². The number of nitrogens with zero attached hydrogens (tertiary/aromatic N) is 2. The molecule has 2 radical (unpaired) electrons. The van der Waals surface area contributed by atoms with Gasteiger partial charge in [-0.15, -0.1) is 0 Å². The first-order valence-corrected chi connectivity index (χ1v) is 8.85. The van der Waals surface area contributed by atoms with E-state index in [0.717, 1.165) is 4.57 Å². The maximum absolute atomic E-state index is 13.3. The maximum Gasteiger partial charge on any atom is 0.316 e. The van der Waals surface area contributed by atoms with Crippen LogP contribution in [0.4, 0.5) is 5.69 Å². The van der Waals surface area contributed by atoms with Gasteiger partial charge in [0, 0.05) is 12.7 Å². The van der Waals surface area contributed by atoms with Crippen molar-refractivity contribution in [3.05, 3.63) is 69.5 Å². The molecule has 0 aliphatic heterocycles. The van der Waals surface area contributed by atoms with Crippen LogP contribution in [-0.2, 0) is 7.05 Å². The minimum absolute atomic E-state index is 0.0264. The van der Waals surface area contributed by atoms with Crippen LogP contribution in [0.3, 0.4) is 0 Å². The van der Waals surface area contributed by atoms with Gasteiger partial charge >= 0.3 is 5.97 Å². The molecule has 5 N–H and O–H groups in total. The Bertz CT molecular complexity index is 1190. The van der Waals surface area contributed by atoms with Gasteiger partial charge in [0.15, 0.2) is 13.5 Å². The molecule has 0 fully saturated rings. The largest absolute Gasteiger partial charge is 0.506 e. The Morgan fingerprint density at radius 2 is 1.67 bits per heavy atom. The molecule has 0 aliphatic rings. The Hall–Kier alpha value is -2.89. The van der Waals surface area contributed by atoms with Crippen LogP contribution in [0, 0.1) is 0 Å². The molecule has 3 aromatic rings. The van der Waals surface area contributed by atoms with E-state index < -0.39 is 34.4 Å². The Morgan fingerprint density at radius 3 is 2.23 bits per heavy atom. The molecular formula is C19H16BClN2O7. The second kappa shape index (κ2) is 7.42. The summed E-state index contributed by atoms with van der Waals surface area (Å²) in [6.45, 7) is 0. The number of aromatic nitrogens is 1. The van der Waals surface area contributed by atoms with E-state index in [1.165, 1.54) is 49.5 Å². The van der Waals surface area contributed by atoms with Gasteiger partial charge < -0.3 is 30.1 Å². The molecular weight excluding hydrogens is 414 g/mol. The molecule has 30 heavy (non-hydrogen) atoms. The van der Waals surface area contributed by atoms with Gasteiger partial charge in [0.1, 0.15) is 11.3 Å². The molecule has 0 spiro atoms. The lowest BCUT2D eigenvalue weighted by atomic mass is 9.85. The van der Waals surface area contributed by atoms with Crippen LogP contribution >= 0.6 is 11.6 Å². The molecule has 1 amide bonds. The zero-order valence-electron chi connectivity index (χ0n) is 15.5. The van der Waals surface area contributed by atoms with Gasteiger partial charge in [-0.2, -0.15) is 0 Å². The molecule has 1 aromatic heterocycles. The summed E-state index contributed by atoms with van der Waals surface area (Å²) >= 11 is 6.13. The average molecular weight is 431 g/mol. The van der Waals surface area contributed by atoms with Crippen LogP contribution in [0.15, 0.2) is 53.3 Å². The first-order valence-electron chi connectivity index (χ1n) is 8.47. The minimum atomic E-state index is -3.99. The predicted octanol–water partition coefficient (Wildman–Crippen LogP) is -0.0104. The highest BCUT2D eigenvalue weighted by molar-refractivity contribution is 6.36. The highest BCUT2D eigenvalue weighted by Gasteiger charge is 2.51. The third-order valence-corrected chi connectivity index (χ3v) is 4.93. The van der Waals surface area contributed by atoms with Crippen LogP contribution in [0.2, 0.25) is 5.02 Å². The van der Waals surface area contributed by atoms with Crippen molar-refractivity contribution in [3.63, 3.8) is 0 Å². The summed E-state index contributed by atoms with van der Waals surface area (Å²) in [7, 11) is 6.81. The number of hydrogen-bond donors (Lipinski definition) is 5. The standard InChI is InChI=1S/C19H16BClN2O7/c1-22-12-9-5-8-11(21)13(12)15(24)14(16(22)25)17(26)23(10-6-3-2-4-7-10)18(20,27)19(28,29)30/h2-9,24,27-30H,1H3. The fraction of sp³-hybridized carbons (Fsp3) is 0.158. The van der Waals surface area contributed by atoms with Crippen molar-refractivity contribution in [2.75, 3.05) is 4.90 Å². The Balaban J connectivity index is 2.36. The van der Waals surface area contributed by atoms with Gasteiger partial charge in [-0.25, -0.2) is 0 Å². The van der Waals surface area contributed by atoms with Gasteiger partial charge in [-0.05, 0) is 24.3 Å². The number of aliphatic hydroxyl groups is 4. The zero-order valence-corrected chi connectivity index (χ0v) is 16.3. The van der Waals surface area contributed by atoms with Crippen molar-refractivity contribution >= 4 is 41.9 Å². The fourth-order valence-electron chi connectivity index (χ4n) is 3.03. The molecule has 0 saturated carbocycles. The topological polar surface area (TPSA) is 143 Å². The first-order chi connectivity index (χ1) is 13.9. The average Bonchev–Trinajstić information content (AvgIpc) is 2.66. The number of aryl methyl sites for hydroxylation is 1. The molecule has 1 atom stereocenters. The van der Waals surface area contributed by atoms with Crippen molar-refractivity contribution in [2.45, 2.75) is 11.6 Å². The molecule has 1 heterocycles. The van der Waals surface area contributed by atoms with E-state index in [1.54, 1.807) is 6.07 Å². The van der Waals surface area contributed by atoms with Crippen LogP contribution in [-0.4, -0.2) is 55.5 Å². The summed E-state index contributed by atoms with van der Waals surface area (Å²) in [6, 6.07) is 11.4. The van der Waals surface area contributed by atoms with E-state index in [0.29, 0.717) is 0 Å². The number of pyridine rings is 1. The summed E-state index contributed by atoms with van der Waals surface area (Å²) in [5, 5.41) is 49.8. The lowest BCUT2D eigenvalue weighted by Gasteiger charge is -2.42. The second-order valence-corrected chi connectivity index (χ2v) is 6.97. The van der Waals surface area contributed by atoms with Crippen LogP contribution < -0.4 is 10.5 Å². The first kappa shape index (κ1) is 21.8. The molecule has 0 aliphatic carbocycles. The van der Waals surface area contributed by atoms with Crippen LogP contribution in [0.25, 0.3) is 10.9 Å². The van der Waals surface area contributed by atoms with Crippen molar-refractivity contribution in [2.24, 2.45) is 7.05 Å². The quantitative estimate of drug-likeness (QED) is 0.289. The van der Waals surface area contributed by atoms with E-state index in [-0.39, 0.29) is 26.5 Å². The molecule has 0 bridgehead atoms. The summed E-state index contributed by atoms with van der Waals surface area (Å²) < 4.78 is 1.04. The van der Waals surface area contributed by atoms with Crippen molar-refractivity contribution < 1.29 is 30.3 Å². The molecule has 1 unspecified atom stereocenters. The van der Waals surface area contributed by atoms with E-state index in [4.69, 9.17) is 19.4 Å². The van der Waals surface area contributed by atoms with E-state index in [9.17, 15) is 35.1 Å². The normalized spacial score (nSPS) is 13.8. The monoisotopic (exact) mass is 430 g/mol. The van der Waals surface area contributed by atoms with Crippen molar-refractivity contribution in [1.29, 1.82) is 0 Å². The number of halogens is 1. The molecule has 3 rings (SSSR count). The number of carbonyl (C=O) groups is 1. The van der Waals surface area contributed by atoms with Crippen LogP contribution in [0.1, 0.15) is 10.4 Å². The minimum Gasteiger partial charge on any atom is -0.506 e. The predicted molar refractivity (Wildman–Crippen MR) is 109 cm³/mol. The van der Waals surface area contributed by atoms with Crippen molar-refractivity contribution in [1.82, 2.24) is 4.57 Å². The highest BCUT2D eigenvalue weighted by atomic mass is 35.5. The SMILES string of the molecule is [B]C(O)(N(C(=O)c1c(O)c2c(Cl)cccc2n(C)c1=O)c1ccccc1)C(O)(O)O. The van der Waals surface area contributed by atoms with Crippen LogP contribution in [0.5, 0.6) is 5.75 Å². The number of hydrogen-bond acceptors (Lipinski definition) is 7. The van der Waals surface area contributed by atoms with Gasteiger partial charge in [0.2, 0.25) is 0 Å². The highest BCUT2D eigenvalue weighted by Crippen LogP contribution is 2.35. The number of anilines is 1. The summed E-state index contributed by atoms with van der Waals surface area (Å²) in [4.78, 5) is 26.4. The lowest BCUT2D eigenvalue weighted by molar-refractivity contribution is -0.366. The number of amides is 1. The number of para-hydroxylation sites is 1. The van der Waals surface area contributed by atoms with Crippen molar-refractivity contribution in [3.8, 4) is 5.75 Å². The molecule has 9 nitrogen and oxygen atoms in total. The lowest BCUT2D eigenvalue weighted by Crippen LogP contribution is -2.67. The smallest absolute Gasteiger partial charge is 0.316 e. The zero-order chi connectivity index (χ0) is 22.4. The summed E-state index contributed by atoms with van der Waals surface area (Å²) in [6.07, 6.45) is 0. The number of benzene rings is 2. The third-order valence-electron chi connectivity index (χ3n) is 4.61. The molecule has 11 heteroatoms. The second-order valence-electron chi connectivity index (χ2n) is 6.56. The molecule has 2 aromatic carbocycles. The summed E-state index contributed by atoms with van der Waals surface area (Å²) in [5.41, 5.74) is -5.36. The van der Waals surface area contributed by atoms with Gasteiger partial charge in [0.05, 0.1) is 15.9 Å². The summed E-state index contributed by atoms with van der Waals surface area (Å²) in [5.74, 6) is -6.22. The van der Waals surface area contributed by atoms with E-state index in [2.05, 4.69) is 0 Å². The van der Waals surface area contributed by atoms with Gasteiger partial charge in [-0.3, -0.25) is 14.5 Å². The fourth-order valence-corrected chi connectivity index (χ4v) is 3.29. The van der Waals surface area contributed by atoms with E-state index in [1.807, 2.05) is 0 Å².